The molecular weight excluding hydrogens is 376 g/mol. The first-order valence-corrected chi connectivity index (χ1v) is 9.91. The van der Waals surface area contributed by atoms with Gasteiger partial charge in [-0.1, -0.05) is 11.6 Å². The minimum atomic E-state index is -3.44. The van der Waals surface area contributed by atoms with Gasteiger partial charge in [-0.05, 0) is 35.9 Å². The van der Waals surface area contributed by atoms with Gasteiger partial charge in [0.1, 0.15) is 5.82 Å². The fourth-order valence-electron chi connectivity index (χ4n) is 2.85. The number of fused-ring (bicyclic) bond motifs is 1. The van der Waals surface area contributed by atoms with E-state index in [9.17, 15) is 13.2 Å². The molecule has 2 amide bonds. The molecule has 0 bridgehead atoms. The number of nitrogens with zero attached hydrogens (tertiary/aromatic N) is 3. The molecule has 9 heteroatoms. The van der Waals surface area contributed by atoms with Crippen molar-refractivity contribution in [3.63, 3.8) is 0 Å². The quantitative estimate of drug-likeness (QED) is 0.865. The number of sulfone groups is 1. The maximum Gasteiger partial charge on any atom is 0.322 e. The maximum absolute atomic E-state index is 12.6. The summed E-state index contributed by atoms with van der Waals surface area (Å²) in [5.74, 6) is 0.603. The number of aromatic nitrogens is 1. The van der Waals surface area contributed by atoms with Crippen LogP contribution in [0.2, 0.25) is 5.02 Å². The second-order valence-electron chi connectivity index (χ2n) is 6.32. The first kappa shape index (κ1) is 18.5. The van der Waals surface area contributed by atoms with E-state index in [-0.39, 0.29) is 10.6 Å². The second-order valence-corrected chi connectivity index (χ2v) is 8.76. The molecule has 26 heavy (non-hydrogen) atoms. The zero-order valence-corrected chi connectivity index (χ0v) is 16.2. The molecule has 7 nitrogen and oxygen atoms in total. The fourth-order valence-corrected chi connectivity index (χ4v) is 4.86. The van der Waals surface area contributed by atoms with Crippen LogP contribution in [0.3, 0.4) is 0 Å². The molecule has 0 fully saturated rings. The van der Waals surface area contributed by atoms with Crippen LogP contribution in [0.15, 0.2) is 41.4 Å². The minimum Gasteiger partial charge on any atom is -0.363 e. The number of hydrogen-bond donors (Lipinski definition) is 1. The first-order valence-electron chi connectivity index (χ1n) is 7.88. The largest absolute Gasteiger partial charge is 0.363 e. The number of amides is 2. The highest BCUT2D eigenvalue weighted by molar-refractivity contribution is 7.91. The summed E-state index contributed by atoms with van der Waals surface area (Å²) in [7, 11) is 1.87. The van der Waals surface area contributed by atoms with E-state index in [4.69, 9.17) is 11.6 Å². The van der Waals surface area contributed by atoms with Gasteiger partial charge in [-0.2, -0.15) is 0 Å². The Labute approximate surface area is 157 Å². The van der Waals surface area contributed by atoms with Gasteiger partial charge in [0, 0.05) is 26.2 Å². The molecule has 2 aromatic rings. The van der Waals surface area contributed by atoms with Gasteiger partial charge < -0.3 is 15.1 Å². The van der Waals surface area contributed by atoms with E-state index in [2.05, 4.69) is 10.3 Å². The smallest absolute Gasteiger partial charge is 0.322 e. The van der Waals surface area contributed by atoms with Crippen LogP contribution in [0.1, 0.15) is 11.6 Å². The zero-order valence-electron chi connectivity index (χ0n) is 14.6. The molecule has 1 N–H and O–H groups in total. The lowest BCUT2D eigenvalue weighted by Crippen LogP contribution is -2.35. The van der Waals surface area contributed by atoms with E-state index in [0.29, 0.717) is 16.3 Å². The maximum atomic E-state index is 12.6. The molecule has 1 atom stereocenters. The Hall–Kier alpha value is -2.32. The van der Waals surface area contributed by atoms with Crippen molar-refractivity contribution in [3.05, 3.63) is 47.1 Å². The number of anilines is 2. The lowest BCUT2D eigenvalue weighted by atomic mass is 10.1. The van der Waals surface area contributed by atoms with Gasteiger partial charge in [-0.25, -0.2) is 18.2 Å². The van der Waals surface area contributed by atoms with Crippen molar-refractivity contribution < 1.29 is 13.2 Å². The Morgan fingerprint density at radius 2 is 1.96 bits per heavy atom. The number of benzene rings is 1. The number of carbonyl (C=O) groups excluding carboxylic acids is 1. The van der Waals surface area contributed by atoms with Gasteiger partial charge in [0.25, 0.3) is 0 Å². The Kier molecular flexibility index (Phi) is 4.81. The highest BCUT2D eigenvalue weighted by atomic mass is 35.5. The molecule has 1 aliphatic heterocycles. The third kappa shape index (κ3) is 3.47. The van der Waals surface area contributed by atoms with Crippen LogP contribution in [0, 0.1) is 0 Å². The van der Waals surface area contributed by atoms with Crippen LogP contribution in [-0.4, -0.2) is 51.2 Å². The van der Waals surface area contributed by atoms with Crippen molar-refractivity contribution in [2.45, 2.75) is 10.9 Å². The predicted molar refractivity (Wildman–Crippen MR) is 102 cm³/mol. The van der Waals surface area contributed by atoms with Crippen LogP contribution >= 0.6 is 11.6 Å². The fraction of sp³-hybridized carbons (Fsp3) is 0.294. The molecule has 0 saturated carbocycles. The zero-order chi connectivity index (χ0) is 19.1. The van der Waals surface area contributed by atoms with Crippen molar-refractivity contribution in [1.29, 1.82) is 0 Å². The Morgan fingerprint density at radius 3 is 2.58 bits per heavy atom. The molecule has 2 heterocycles. The number of pyridine rings is 1. The Bertz CT molecular complexity index is 945. The normalized spacial score (nSPS) is 17.5. The number of carbonyl (C=O) groups is 1. The van der Waals surface area contributed by atoms with Crippen LogP contribution in [0.5, 0.6) is 0 Å². The second kappa shape index (κ2) is 6.77. The summed E-state index contributed by atoms with van der Waals surface area (Å²) in [6.45, 7) is 0. The van der Waals surface area contributed by atoms with E-state index in [1.165, 1.54) is 11.0 Å². The average Bonchev–Trinajstić information content (AvgIpc) is 2.85. The summed E-state index contributed by atoms with van der Waals surface area (Å²) in [5, 5.41) is 3.17. The van der Waals surface area contributed by atoms with Gasteiger partial charge in [-0.15, -0.1) is 0 Å². The van der Waals surface area contributed by atoms with Gasteiger partial charge >= 0.3 is 6.03 Å². The first-order chi connectivity index (χ1) is 12.2. The van der Waals surface area contributed by atoms with E-state index in [1.54, 1.807) is 37.5 Å². The number of urea groups is 1. The van der Waals surface area contributed by atoms with Gasteiger partial charge in [0.15, 0.2) is 9.84 Å². The van der Waals surface area contributed by atoms with Crippen LogP contribution < -0.4 is 10.2 Å². The summed E-state index contributed by atoms with van der Waals surface area (Å²) < 4.78 is 24.7. The van der Waals surface area contributed by atoms with Crippen molar-refractivity contribution in [3.8, 4) is 0 Å². The third-order valence-electron chi connectivity index (χ3n) is 4.29. The molecule has 0 spiro atoms. The highest BCUT2D eigenvalue weighted by Crippen LogP contribution is 2.38. The number of nitrogens with one attached hydrogen (secondary N) is 1. The molecule has 1 aliphatic rings. The third-order valence-corrected chi connectivity index (χ3v) is 6.32. The van der Waals surface area contributed by atoms with Crippen LogP contribution in [-0.2, 0) is 9.84 Å². The van der Waals surface area contributed by atoms with Crippen molar-refractivity contribution in [2.24, 2.45) is 0 Å². The van der Waals surface area contributed by atoms with Crippen molar-refractivity contribution >= 4 is 39.0 Å². The lowest BCUT2D eigenvalue weighted by molar-refractivity contribution is 0.209. The van der Waals surface area contributed by atoms with E-state index < -0.39 is 21.9 Å². The summed E-state index contributed by atoms with van der Waals surface area (Å²) in [6, 6.07) is 7.14. The molecule has 138 valence electrons. The molecule has 1 aromatic carbocycles. The monoisotopic (exact) mass is 394 g/mol. The SMILES string of the molecule is CN(C)c1ccc(NC(=O)N(C)C2CS(=O)(=O)c3ccc(Cl)cc32)cn1. The molecular formula is C17H19ClN4O3S. The Balaban J connectivity index is 1.80. The molecule has 0 saturated heterocycles. The summed E-state index contributed by atoms with van der Waals surface area (Å²) in [5.41, 5.74) is 1.07. The van der Waals surface area contributed by atoms with E-state index >= 15 is 0 Å². The standard InChI is InChI=1S/C17H19ClN4O3S/c1-21(2)16-7-5-12(9-19-16)20-17(23)22(3)14-10-26(24,25)15-6-4-11(18)8-13(14)15/h4-9,14H,10H2,1-3H3,(H,20,23). The minimum absolute atomic E-state index is 0.162. The van der Waals surface area contributed by atoms with Gasteiger partial charge in [0.2, 0.25) is 0 Å². The Morgan fingerprint density at radius 1 is 1.23 bits per heavy atom. The molecule has 3 rings (SSSR count). The van der Waals surface area contributed by atoms with Crippen molar-refractivity contribution in [2.75, 3.05) is 37.1 Å². The molecule has 0 aliphatic carbocycles. The van der Waals surface area contributed by atoms with E-state index in [0.717, 1.165) is 5.82 Å². The summed E-state index contributed by atoms with van der Waals surface area (Å²) in [4.78, 5) is 20.3. The summed E-state index contributed by atoms with van der Waals surface area (Å²) in [6.07, 6.45) is 1.55. The molecule has 1 aromatic heterocycles. The topological polar surface area (TPSA) is 82.6 Å². The van der Waals surface area contributed by atoms with Gasteiger partial charge in [-0.3, -0.25) is 0 Å². The number of halogens is 1. The molecule has 0 radical (unpaired) electrons. The highest BCUT2D eigenvalue weighted by Gasteiger charge is 2.38. The number of hydrogen-bond acceptors (Lipinski definition) is 5. The number of rotatable bonds is 3. The predicted octanol–water partition coefficient (Wildman–Crippen LogP) is 2.79. The van der Waals surface area contributed by atoms with Crippen molar-refractivity contribution in [1.82, 2.24) is 9.88 Å². The lowest BCUT2D eigenvalue weighted by Gasteiger charge is -2.25. The van der Waals surface area contributed by atoms with Crippen LogP contribution in [0.4, 0.5) is 16.3 Å². The molecule has 1 unspecified atom stereocenters. The van der Waals surface area contributed by atoms with Gasteiger partial charge in [0.05, 0.1) is 28.6 Å². The van der Waals surface area contributed by atoms with E-state index in [1.807, 2.05) is 19.0 Å². The van der Waals surface area contributed by atoms with Crippen LogP contribution in [0.25, 0.3) is 0 Å². The summed E-state index contributed by atoms with van der Waals surface area (Å²) >= 11 is 6.01. The average molecular weight is 395 g/mol.